The number of aromatic nitrogens is 2. The normalized spacial score (nSPS) is 15.5. The average Bonchev–Trinajstić information content (AvgIpc) is 3.32. The molecule has 1 aliphatic heterocycles. The summed E-state index contributed by atoms with van der Waals surface area (Å²) in [6.45, 7) is 2.41. The van der Waals surface area contributed by atoms with Crippen molar-refractivity contribution in [3.05, 3.63) is 63.3 Å². The minimum atomic E-state index is -0.964. The molecule has 33 heavy (non-hydrogen) atoms. The molecule has 1 aliphatic rings. The molecule has 0 bridgehead atoms. The predicted molar refractivity (Wildman–Crippen MR) is 125 cm³/mol. The average molecular weight is 477 g/mol. The number of aromatic carboxylic acids is 1. The summed E-state index contributed by atoms with van der Waals surface area (Å²) in [5.41, 5.74) is 4.02. The molecule has 0 spiro atoms. The third kappa shape index (κ3) is 4.91. The van der Waals surface area contributed by atoms with E-state index >= 15 is 0 Å². The van der Waals surface area contributed by atoms with Crippen LogP contribution < -0.4 is 0 Å². The predicted octanol–water partition coefficient (Wildman–Crippen LogP) is 5.49. The molecule has 1 aromatic carbocycles. The van der Waals surface area contributed by atoms with Crippen LogP contribution in [0.15, 0.2) is 34.7 Å². The van der Waals surface area contributed by atoms with Crippen LogP contribution in [0.4, 0.5) is 0 Å². The Morgan fingerprint density at radius 2 is 1.97 bits per heavy atom. The fourth-order valence-corrected chi connectivity index (χ4v) is 5.61. The molecule has 3 heterocycles. The Labute approximate surface area is 199 Å². The summed E-state index contributed by atoms with van der Waals surface area (Å²) in [6, 6.07) is 11.1. The Morgan fingerprint density at radius 3 is 2.61 bits per heavy atom. The van der Waals surface area contributed by atoms with Gasteiger partial charge in [0.15, 0.2) is 0 Å². The van der Waals surface area contributed by atoms with E-state index in [0.29, 0.717) is 39.8 Å². The molecule has 1 fully saturated rings. The van der Waals surface area contributed by atoms with Gasteiger partial charge in [0.2, 0.25) is 0 Å². The number of hydrogen-bond acceptors (Lipinski definition) is 8. The van der Waals surface area contributed by atoms with E-state index < -0.39 is 5.97 Å². The number of nitrogens with zero attached hydrogens (tertiary/aromatic N) is 4. The van der Waals surface area contributed by atoms with E-state index in [-0.39, 0.29) is 11.7 Å². The molecule has 0 aliphatic carbocycles. The van der Waals surface area contributed by atoms with Gasteiger partial charge in [0.25, 0.3) is 0 Å². The molecule has 0 amide bonds. The maximum Gasteiger partial charge on any atom is 0.335 e. The van der Waals surface area contributed by atoms with Crippen LogP contribution in [0.5, 0.6) is 0 Å². The van der Waals surface area contributed by atoms with Crippen LogP contribution in [-0.4, -0.2) is 27.7 Å². The number of ether oxygens (including phenoxy) is 1. The highest BCUT2D eigenvalue weighted by molar-refractivity contribution is 7.98. The fraction of sp³-hybridized carbons (Fsp3) is 0.292. The molecule has 1 saturated heterocycles. The molecule has 1 unspecified atom stereocenters. The van der Waals surface area contributed by atoms with Crippen molar-refractivity contribution < 1.29 is 14.6 Å². The first kappa shape index (κ1) is 22.9. The van der Waals surface area contributed by atoms with Crippen LogP contribution in [0.2, 0.25) is 0 Å². The fourth-order valence-electron chi connectivity index (χ4n) is 3.75. The maximum atomic E-state index is 11.0. The highest BCUT2D eigenvalue weighted by atomic mass is 32.2. The zero-order valence-electron chi connectivity index (χ0n) is 17.9. The second kappa shape index (κ2) is 10.1. The lowest BCUT2D eigenvalue weighted by Crippen LogP contribution is -2.16. The first-order valence-corrected chi connectivity index (χ1v) is 12.3. The van der Waals surface area contributed by atoms with Gasteiger partial charge >= 0.3 is 5.97 Å². The van der Waals surface area contributed by atoms with Crippen molar-refractivity contribution in [3.8, 4) is 22.7 Å². The van der Waals surface area contributed by atoms with Gasteiger partial charge in [-0.05, 0) is 38.3 Å². The van der Waals surface area contributed by atoms with Gasteiger partial charge in [0.05, 0.1) is 34.2 Å². The zero-order valence-corrected chi connectivity index (χ0v) is 19.5. The Bertz CT molecular complexity index is 1270. The molecule has 3 aromatic rings. The number of benzene rings is 1. The van der Waals surface area contributed by atoms with Gasteiger partial charge in [-0.3, -0.25) is 0 Å². The van der Waals surface area contributed by atoms with Gasteiger partial charge in [0.1, 0.15) is 22.2 Å². The number of hydrogen-bond donors (Lipinski definition) is 1. The minimum absolute atomic E-state index is 0.232. The summed E-state index contributed by atoms with van der Waals surface area (Å²) < 4.78 is 5.91. The smallest absolute Gasteiger partial charge is 0.335 e. The maximum absolute atomic E-state index is 11.0. The van der Waals surface area contributed by atoms with Crippen molar-refractivity contribution in [1.29, 1.82) is 10.5 Å². The summed E-state index contributed by atoms with van der Waals surface area (Å²) in [7, 11) is 0. The summed E-state index contributed by atoms with van der Waals surface area (Å²) in [4.78, 5) is 20.3. The van der Waals surface area contributed by atoms with Crippen LogP contribution in [0.1, 0.15) is 63.8 Å². The Morgan fingerprint density at radius 1 is 1.21 bits per heavy atom. The summed E-state index contributed by atoms with van der Waals surface area (Å²) in [5.74, 6) is -0.448. The van der Waals surface area contributed by atoms with E-state index in [2.05, 4.69) is 22.1 Å². The van der Waals surface area contributed by atoms with Gasteiger partial charge in [-0.1, -0.05) is 23.9 Å². The first-order valence-electron chi connectivity index (χ1n) is 10.4. The van der Waals surface area contributed by atoms with Crippen LogP contribution in [0.25, 0.3) is 10.6 Å². The highest BCUT2D eigenvalue weighted by Crippen LogP contribution is 2.38. The van der Waals surface area contributed by atoms with Gasteiger partial charge in [-0.15, -0.1) is 11.3 Å². The molecular formula is C24H20N4O3S2. The number of carbonyl (C=O) groups is 1. The monoisotopic (exact) mass is 476 g/mol. The Hall–Kier alpha value is -3.24. The lowest BCUT2D eigenvalue weighted by Gasteiger charge is -2.25. The first-order chi connectivity index (χ1) is 16.0. The van der Waals surface area contributed by atoms with Crippen molar-refractivity contribution in [2.24, 2.45) is 0 Å². The molecule has 2 aromatic heterocycles. The van der Waals surface area contributed by atoms with E-state index in [1.807, 2.05) is 5.38 Å². The van der Waals surface area contributed by atoms with Gasteiger partial charge < -0.3 is 9.84 Å². The van der Waals surface area contributed by atoms with Gasteiger partial charge in [-0.2, -0.15) is 10.5 Å². The van der Waals surface area contributed by atoms with Crippen LogP contribution in [0, 0.1) is 29.6 Å². The SMILES string of the molecule is Cc1nc(SCc2csc(-c3ccc(C(=O)O)cc3)n2)c(C#N)c(C2CCCCO2)c1C#N. The number of aryl methyl sites for hydroxylation is 1. The van der Waals surface area contributed by atoms with Gasteiger partial charge in [-0.25, -0.2) is 14.8 Å². The molecule has 4 rings (SSSR count). The van der Waals surface area contributed by atoms with Crippen molar-refractivity contribution >= 4 is 29.1 Å². The Balaban J connectivity index is 1.58. The topological polar surface area (TPSA) is 120 Å². The quantitative estimate of drug-likeness (QED) is 0.464. The third-order valence-corrected chi connectivity index (χ3v) is 7.35. The summed E-state index contributed by atoms with van der Waals surface area (Å²) in [6.07, 6.45) is 2.51. The van der Waals surface area contributed by atoms with Crippen molar-refractivity contribution in [3.63, 3.8) is 0 Å². The van der Waals surface area contributed by atoms with E-state index in [4.69, 9.17) is 9.84 Å². The Kier molecular flexibility index (Phi) is 7.05. The zero-order chi connectivity index (χ0) is 23.4. The second-order valence-corrected chi connectivity index (χ2v) is 9.38. The number of thioether (sulfide) groups is 1. The molecular weight excluding hydrogens is 456 g/mol. The highest BCUT2D eigenvalue weighted by Gasteiger charge is 2.27. The summed E-state index contributed by atoms with van der Waals surface area (Å²) in [5, 5.41) is 32.0. The second-order valence-electron chi connectivity index (χ2n) is 7.56. The minimum Gasteiger partial charge on any atom is -0.478 e. The number of thiazole rings is 1. The standard InChI is InChI=1S/C24H20N4O3S2/c1-14-18(10-25)21(20-4-2-3-9-31-20)19(11-26)23(27-14)33-13-17-12-32-22(28-17)15-5-7-16(8-6-15)24(29)30/h5-8,12,20H,2-4,9,13H2,1H3,(H,29,30). The third-order valence-electron chi connectivity index (χ3n) is 5.40. The van der Waals surface area contributed by atoms with E-state index in [0.717, 1.165) is 35.5 Å². The number of carboxylic acids is 1. The molecule has 7 nitrogen and oxygen atoms in total. The van der Waals surface area contributed by atoms with E-state index in [1.165, 1.54) is 23.1 Å². The van der Waals surface area contributed by atoms with E-state index in [1.54, 1.807) is 31.2 Å². The van der Waals surface area contributed by atoms with Crippen molar-refractivity contribution in [1.82, 2.24) is 9.97 Å². The van der Waals surface area contributed by atoms with E-state index in [9.17, 15) is 15.3 Å². The van der Waals surface area contributed by atoms with Crippen molar-refractivity contribution in [2.45, 2.75) is 43.1 Å². The lowest BCUT2D eigenvalue weighted by molar-refractivity contribution is 0.0144. The molecule has 0 saturated carbocycles. The molecule has 0 radical (unpaired) electrons. The summed E-state index contributed by atoms with van der Waals surface area (Å²) >= 11 is 2.90. The van der Waals surface area contributed by atoms with Crippen LogP contribution >= 0.6 is 23.1 Å². The molecule has 1 N–H and O–H groups in total. The number of nitriles is 2. The van der Waals surface area contributed by atoms with Gasteiger partial charge in [0, 0.05) is 28.9 Å². The molecule has 1 atom stereocenters. The lowest BCUT2D eigenvalue weighted by atomic mass is 9.93. The van der Waals surface area contributed by atoms with Crippen LogP contribution in [-0.2, 0) is 10.5 Å². The molecule has 9 heteroatoms. The number of pyridine rings is 1. The number of rotatable bonds is 6. The van der Waals surface area contributed by atoms with Crippen molar-refractivity contribution in [2.75, 3.05) is 6.61 Å². The van der Waals surface area contributed by atoms with Crippen LogP contribution in [0.3, 0.4) is 0 Å². The molecule has 166 valence electrons. The largest absolute Gasteiger partial charge is 0.478 e. The number of carboxylic acid groups (broad SMARTS) is 1.